The smallest absolute Gasteiger partial charge is 0.254 e. The third-order valence-corrected chi connectivity index (χ3v) is 2.89. The van der Waals surface area contributed by atoms with E-state index in [1.807, 2.05) is 17.9 Å². The van der Waals surface area contributed by atoms with E-state index in [-0.39, 0.29) is 11.9 Å². The maximum absolute atomic E-state index is 12.2. The summed E-state index contributed by atoms with van der Waals surface area (Å²) in [6.45, 7) is 3.77. The molecule has 2 rings (SSSR count). The van der Waals surface area contributed by atoms with Crippen molar-refractivity contribution in [1.82, 2.24) is 4.90 Å². The minimum atomic E-state index is 0.00490. The number of nitrogens with zero attached hydrogens (tertiary/aromatic N) is 2. The summed E-state index contributed by atoms with van der Waals surface area (Å²) < 4.78 is 5.30. The zero-order valence-electron chi connectivity index (χ0n) is 9.72. The van der Waals surface area contributed by atoms with Gasteiger partial charge in [-0.15, -0.1) is 0 Å². The average Bonchev–Trinajstić information content (AvgIpc) is 2.39. The molecule has 1 fully saturated rings. The fourth-order valence-corrected chi connectivity index (χ4v) is 1.88. The van der Waals surface area contributed by atoms with Crippen molar-refractivity contribution in [3.63, 3.8) is 0 Å². The lowest BCUT2D eigenvalue weighted by molar-refractivity contribution is 0.00359. The Morgan fingerprint density at radius 3 is 2.76 bits per heavy atom. The summed E-state index contributed by atoms with van der Waals surface area (Å²) in [4.78, 5) is 14.0. The van der Waals surface area contributed by atoms with E-state index in [2.05, 4.69) is 0 Å². The predicted molar refractivity (Wildman–Crippen MR) is 62.5 cm³/mol. The molecular formula is C13H14N2O2. The molecule has 1 heterocycles. The van der Waals surface area contributed by atoms with E-state index in [0.29, 0.717) is 30.9 Å². The second-order valence-corrected chi connectivity index (χ2v) is 4.11. The van der Waals surface area contributed by atoms with Crippen LogP contribution < -0.4 is 0 Å². The Hall–Kier alpha value is -1.86. The third kappa shape index (κ3) is 2.45. The standard InChI is InChI=1S/C13H14N2O2/c1-10-9-17-7-6-15(10)13(16)12-4-2-11(8-14)3-5-12/h2-5,10H,6-7,9H2,1H3/t10-/m1/s1. The largest absolute Gasteiger partial charge is 0.377 e. The summed E-state index contributed by atoms with van der Waals surface area (Å²) in [6.07, 6.45) is 0. The third-order valence-electron chi connectivity index (χ3n) is 2.89. The Kier molecular flexibility index (Phi) is 3.40. The summed E-state index contributed by atoms with van der Waals surface area (Å²) in [5.41, 5.74) is 1.19. The monoisotopic (exact) mass is 230 g/mol. The number of hydrogen-bond acceptors (Lipinski definition) is 3. The Morgan fingerprint density at radius 1 is 1.47 bits per heavy atom. The highest BCUT2D eigenvalue weighted by atomic mass is 16.5. The maximum Gasteiger partial charge on any atom is 0.254 e. The molecule has 0 aromatic heterocycles. The van der Waals surface area contributed by atoms with Gasteiger partial charge in [0.2, 0.25) is 0 Å². The molecule has 0 aliphatic carbocycles. The second kappa shape index (κ2) is 4.98. The first kappa shape index (κ1) is 11.6. The number of hydrogen-bond donors (Lipinski definition) is 0. The summed E-state index contributed by atoms with van der Waals surface area (Å²) in [5, 5.41) is 8.70. The molecule has 1 aliphatic rings. The molecule has 0 saturated carbocycles. The van der Waals surface area contributed by atoms with Gasteiger partial charge in [-0.25, -0.2) is 0 Å². The van der Waals surface area contributed by atoms with Gasteiger partial charge in [0.05, 0.1) is 30.9 Å². The molecule has 1 atom stereocenters. The van der Waals surface area contributed by atoms with E-state index in [1.54, 1.807) is 24.3 Å². The van der Waals surface area contributed by atoms with E-state index in [1.165, 1.54) is 0 Å². The van der Waals surface area contributed by atoms with Crippen LogP contribution in [-0.4, -0.2) is 36.6 Å². The lowest BCUT2D eigenvalue weighted by Gasteiger charge is -2.33. The summed E-state index contributed by atoms with van der Waals surface area (Å²) in [6, 6.07) is 8.87. The van der Waals surface area contributed by atoms with Crippen molar-refractivity contribution in [3.05, 3.63) is 35.4 Å². The molecular weight excluding hydrogens is 216 g/mol. The van der Waals surface area contributed by atoms with Crippen molar-refractivity contribution in [2.45, 2.75) is 13.0 Å². The fraction of sp³-hybridized carbons (Fsp3) is 0.385. The topological polar surface area (TPSA) is 53.3 Å². The first-order chi connectivity index (χ1) is 8.22. The molecule has 88 valence electrons. The number of nitriles is 1. The number of rotatable bonds is 1. The van der Waals surface area contributed by atoms with Crippen molar-refractivity contribution in [3.8, 4) is 6.07 Å². The summed E-state index contributed by atoms with van der Waals surface area (Å²) in [5.74, 6) is 0.00490. The van der Waals surface area contributed by atoms with Crippen molar-refractivity contribution < 1.29 is 9.53 Å². The molecule has 0 bridgehead atoms. The van der Waals surface area contributed by atoms with Crippen LogP contribution in [0.25, 0.3) is 0 Å². The number of amides is 1. The van der Waals surface area contributed by atoms with Gasteiger partial charge in [0.25, 0.3) is 5.91 Å². The molecule has 0 unspecified atom stereocenters. The van der Waals surface area contributed by atoms with E-state index in [0.717, 1.165) is 0 Å². The van der Waals surface area contributed by atoms with Crippen molar-refractivity contribution >= 4 is 5.91 Å². The van der Waals surface area contributed by atoms with Gasteiger partial charge in [-0.3, -0.25) is 4.79 Å². The van der Waals surface area contributed by atoms with Gasteiger partial charge >= 0.3 is 0 Å². The van der Waals surface area contributed by atoms with Crippen LogP contribution in [0.15, 0.2) is 24.3 Å². The average molecular weight is 230 g/mol. The number of ether oxygens (including phenoxy) is 1. The van der Waals surface area contributed by atoms with Gasteiger partial charge in [-0.1, -0.05) is 0 Å². The van der Waals surface area contributed by atoms with Crippen molar-refractivity contribution in [1.29, 1.82) is 5.26 Å². The summed E-state index contributed by atoms with van der Waals surface area (Å²) >= 11 is 0. The highest BCUT2D eigenvalue weighted by Crippen LogP contribution is 2.12. The zero-order chi connectivity index (χ0) is 12.3. The van der Waals surface area contributed by atoms with Crippen molar-refractivity contribution in [2.24, 2.45) is 0 Å². The fourth-order valence-electron chi connectivity index (χ4n) is 1.88. The first-order valence-corrected chi connectivity index (χ1v) is 5.61. The van der Waals surface area contributed by atoms with Crippen LogP contribution in [0.1, 0.15) is 22.8 Å². The number of carbonyl (C=O) groups excluding carboxylic acids is 1. The normalized spacial score (nSPS) is 19.8. The molecule has 0 radical (unpaired) electrons. The van der Waals surface area contributed by atoms with Gasteiger partial charge in [0.15, 0.2) is 0 Å². The number of morpholine rings is 1. The molecule has 1 saturated heterocycles. The van der Waals surface area contributed by atoms with Crippen LogP contribution in [0.3, 0.4) is 0 Å². The molecule has 1 amide bonds. The number of benzene rings is 1. The first-order valence-electron chi connectivity index (χ1n) is 5.61. The molecule has 17 heavy (non-hydrogen) atoms. The van der Waals surface area contributed by atoms with E-state index < -0.39 is 0 Å². The molecule has 1 aromatic rings. The zero-order valence-corrected chi connectivity index (χ0v) is 9.72. The number of carbonyl (C=O) groups is 1. The van der Waals surface area contributed by atoms with Crippen molar-refractivity contribution in [2.75, 3.05) is 19.8 Å². The van der Waals surface area contributed by atoms with Gasteiger partial charge < -0.3 is 9.64 Å². The Labute approximate surface area is 100 Å². The van der Waals surface area contributed by atoms with Crippen LogP contribution in [0.5, 0.6) is 0 Å². The van der Waals surface area contributed by atoms with Crippen LogP contribution in [0, 0.1) is 11.3 Å². The van der Waals surface area contributed by atoms with E-state index in [4.69, 9.17) is 10.00 Å². The van der Waals surface area contributed by atoms with Crippen LogP contribution in [-0.2, 0) is 4.74 Å². The molecule has 0 N–H and O–H groups in total. The van der Waals surface area contributed by atoms with E-state index in [9.17, 15) is 4.79 Å². The van der Waals surface area contributed by atoms with Crippen LogP contribution in [0.2, 0.25) is 0 Å². The highest BCUT2D eigenvalue weighted by Gasteiger charge is 2.24. The Morgan fingerprint density at radius 2 is 2.18 bits per heavy atom. The molecule has 4 heteroatoms. The van der Waals surface area contributed by atoms with Crippen LogP contribution >= 0.6 is 0 Å². The van der Waals surface area contributed by atoms with Gasteiger partial charge in [0, 0.05) is 12.1 Å². The maximum atomic E-state index is 12.2. The molecule has 0 spiro atoms. The van der Waals surface area contributed by atoms with E-state index >= 15 is 0 Å². The summed E-state index contributed by atoms with van der Waals surface area (Å²) in [7, 11) is 0. The predicted octanol–water partition coefficient (Wildman–Crippen LogP) is 1.42. The van der Waals surface area contributed by atoms with Gasteiger partial charge in [0.1, 0.15) is 0 Å². The lowest BCUT2D eigenvalue weighted by Crippen LogP contribution is -2.47. The minimum absolute atomic E-state index is 0.00490. The quantitative estimate of drug-likeness (QED) is 0.733. The molecule has 1 aromatic carbocycles. The van der Waals surface area contributed by atoms with Crippen LogP contribution in [0.4, 0.5) is 0 Å². The second-order valence-electron chi connectivity index (χ2n) is 4.11. The SMILES string of the molecule is C[C@@H]1COCCN1C(=O)c1ccc(C#N)cc1. The molecule has 4 nitrogen and oxygen atoms in total. The minimum Gasteiger partial charge on any atom is -0.377 e. The lowest BCUT2D eigenvalue weighted by atomic mass is 10.1. The highest BCUT2D eigenvalue weighted by molar-refractivity contribution is 5.94. The molecule has 1 aliphatic heterocycles. The van der Waals surface area contributed by atoms with Gasteiger partial charge in [-0.2, -0.15) is 5.26 Å². The Bertz CT molecular complexity index is 447. The Balaban J connectivity index is 2.15. The van der Waals surface area contributed by atoms with Gasteiger partial charge in [-0.05, 0) is 31.2 Å².